The molecule has 4 nitrogen and oxygen atoms in total. The lowest BCUT2D eigenvalue weighted by Crippen LogP contribution is -2.50. The minimum absolute atomic E-state index is 0.233. The Morgan fingerprint density at radius 1 is 1.35 bits per heavy atom. The first-order valence-electron chi connectivity index (χ1n) is 7.28. The molecule has 0 radical (unpaired) electrons. The molecule has 1 fully saturated rings. The van der Waals surface area contributed by atoms with E-state index in [0.717, 1.165) is 18.9 Å². The quantitative estimate of drug-likeness (QED) is 0.893. The van der Waals surface area contributed by atoms with Crippen LogP contribution in [0.2, 0.25) is 0 Å². The largest absolute Gasteiger partial charge is 0.491 e. The summed E-state index contributed by atoms with van der Waals surface area (Å²) in [6.45, 7) is 8.77. The molecular weight excluding hydrogens is 254 g/mol. The van der Waals surface area contributed by atoms with Crippen LogP contribution in [0.3, 0.4) is 0 Å². The third-order valence-electron chi connectivity index (χ3n) is 3.65. The van der Waals surface area contributed by atoms with Crippen molar-refractivity contribution in [3.63, 3.8) is 0 Å². The molecule has 0 aliphatic carbocycles. The van der Waals surface area contributed by atoms with E-state index in [4.69, 9.17) is 9.47 Å². The molecule has 20 heavy (non-hydrogen) atoms. The third-order valence-corrected chi connectivity index (χ3v) is 3.65. The fourth-order valence-electron chi connectivity index (χ4n) is 2.38. The van der Waals surface area contributed by atoms with Gasteiger partial charge in [0.2, 0.25) is 0 Å². The Balaban J connectivity index is 1.77. The molecule has 4 heteroatoms. The van der Waals surface area contributed by atoms with E-state index in [-0.39, 0.29) is 6.10 Å². The van der Waals surface area contributed by atoms with Crippen molar-refractivity contribution in [2.45, 2.75) is 39.0 Å². The molecule has 1 aromatic carbocycles. The molecule has 1 aliphatic rings. The van der Waals surface area contributed by atoms with E-state index < -0.39 is 6.10 Å². The molecule has 112 valence electrons. The minimum Gasteiger partial charge on any atom is -0.491 e. The van der Waals surface area contributed by atoms with Gasteiger partial charge in [-0.15, -0.1) is 0 Å². The average molecular weight is 279 g/mol. The number of rotatable bonds is 5. The first-order valence-corrected chi connectivity index (χ1v) is 7.28. The van der Waals surface area contributed by atoms with Gasteiger partial charge in [-0.05, 0) is 32.9 Å². The standard InChI is InChI=1S/C16H25NO3/c1-12-4-6-16(7-5-12)20-11-15(18)9-17-8-14(3)19-10-13(17)2/h4-7,13-15,18H,8-11H2,1-3H3/t13-,14+,15-/m1/s1. The van der Waals surface area contributed by atoms with E-state index in [1.807, 2.05) is 31.2 Å². The molecule has 3 atom stereocenters. The van der Waals surface area contributed by atoms with Crippen LogP contribution in [0.25, 0.3) is 0 Å². The first kappa shape index (κ1) is 15.3. The van der Waals surface area contributed by atoms with Crippen molar-refractivity contribution in [3.8, 4) is 5.75 Å². The molecule has 1 aromatic rings. The number of hydrogen-bond acceptors (Lipinski definition) is 4. The third kappa shape index (κ3) is 4.47. The Bertz CT molecular complexity index is 407. The first-order chi connectivity index (χ1) is 9.54. The summed E-state index contributed by atoms with van der Waals surface area (Å²) >= 11 is 0. The van der Waals surface area contributed by atoms with E-state index in [9.17, 15) is 5.11 Å². The van der Waals surface area contributed by atoms with Crippen molar-refractivity contribution in [1.82, 2.24) is 4.90 Å². The van der Waals surface area contributed by atoms with Crippen molar-refractivity contribution < 1.29 is 14.6 Å². The maximum atomic E-state index is 10.1. The summed E-state index contributed by atoms with van der Waals surface area (Å²) in [5, 5.41) is 10.1. The SMILES string of the molecule is Cc1ccc(OC[C@H](O)CN2C[C@H](C)OC[C@H]2C)cc1. The van der Waals surface area contributed by atoms with Crippen LogP contribution < -0.4 is 4.74 Å². The van der Waals surface area contributed by atoms with E-state index in [2.05, 4.69) is 18.7 Å². The van der Waals surface area contributed by atoms with Gasteiger partial charge in [0.05, 0.1) is 12.7 Å². The van der Waals surface area contributed by atoms with Crippen molar-refractivity contribution in [2.75, 3.05) is 26.3 Å². The molecule has 2 rings (SSSR count). The number of β-amino-alcohol motifs (C(OH)–C–C–N with tert-alkyl or cyclic N) is 1. The predicted octanol–water partition coefficient (Wildman–Crippen LogP) is 1.84. The van der Waals surface area contributed by atoms with Gasteiger partial charge in [-0.1, -0.05) is 17.7 Å². The smallest absolute Gasteiger partial charge is 0.119 e. The molecule has 1 N–H and O–H groups in total. The summed E-state index contributed by atoms with van der Waals surface area (Å²) in [7, 11) is 0. The van der Waals surface area contributed by atoms with Crippen LogP contribution in [0, 0.1) is 6.92 Å². The van der Waals surface area contributed by atoms with Gasteiger partial charge in [-0.2, -0.15) is 0 Å². The van der Waals surface area contributed by atoms with Crippen molar-refractivity contribution >= 4 is 0 Å². The number of morpholine rings is 1. The van der Waals surface area contributed by atoms with Crippen LogP contribution in [0.4, 0.5) is 0 Å². The summed E-state index contributed by atoms with van der Waals surface area (Å²) in [6, 6.07) is 8.23. The van der Waals surface area contributed by atoms with Crippen molar-refractivity contribution in [3.05, 3.63) is 29.8 Å². The maximum absolute atomic E-state index is 10.1. The highest BCUT2D eigenvalue weighted by Gasteiger charge is 2.25. The van der Waals surface area contributed by atoms with Gasteiger partial charge in [-0.25, -0.2) is 0 Å². The van der Waals surface area contributed by atoms with Gasteiger partial charge in [0, 0.05) is 19.1 Å². The Hall–Kier alpha value is -1.10. The molecule has 1 saturated heterocycles. The predicted molar refractivity (Wildman–Crippen MR) is 79.1 cm³/mol. The Kier molecular flexibility index (Phi) is 5.40. The van der Waals surface area contributed by atoms with Crippen LogP contribution in [-0.2, 0) is 4.74 Å². The summed E-state index contributed by atoms with van der Waals surface area (Å²) in [5.41, 5.74) is 1.20. The van der Waals surface area contributed by atoms with E-state index in [0.29, 0.717) is 19.2 Å². The molecule has 0 amide bonds. The monoisotopic (exact) mass is 279 g/mol. The number of aliphatic hydroxyl groups is 1. The molecule has 1 aliphatic heterocycles. The second kappa shape index (κ2) is 7.07. The fraction of sp³-hybridized carbons (Fsp3) is 0.625. The summed E-state index contributed by atoms with van der Waals surface area (Å²) in [4.78, 5) is 2.26. The zero-order valence-electron chi connectivity index (χ0n) is 12.6. The lowest BCUT2D eigenvalue weighted by molar-refractivity contribution is -0.0650. The number of ether oxygens (including phenoxy) is 2. The highest BCUT2D eigenvalue weighted by Crippen LogP contribution is 2.14. The lowest BCUT2D eigenvalue weighted by Gasteiger charge is -2.37. The van der Waals surface area contributed by atoms with Gasteiger partial charge >= 0.3 is 0 Å². The minimum atomic E-state index is -0.482. The van der Waals surface area contributed by atoms with Crippen LogP contribution in [0.5, 0.6) is 5.75 Å². The molecule has 0 unspecified atom stereocenters. The number of hydrogen-bond donors (Lipinski definition) is 1. The Morgan fingerprint density at radius 2 is 2.05 bits per heavy atom. The lowest BCUT2D eigenvalue weighted by atomic mass is 10.2. The van der Waals surface area contributed by atoms with Crippen molar-refractivity contribution in [1.29, 1.82) is 0 Å². The van der Waals surface area contributed by atoms with Gasteiger partial charge in [0.15, 0.2) is 0 Å². The van der Waals surface area contributed by atoms with E-state index in [1.165, 1.54) is 5.56 Å². The molecule has 0 aromatic heterocycles. The highest BCUT2D eigenvalue weighted by atomic mass is 16.5. The maximum Gasteiger partial charge on any atom is 0.119 e. The molecule has 0 bridgehead atoms. The summed E-state index contributed by atoms with van der Waals surface area (Å²) < 4.78 is 11.2. The zero-order valence-corrected chi connectivity index (χ0v) is 12.6. The Labute approximate surface area is 121 Å². The van der Waals surface area contributed by atoms with Gasteiger partial charge in [0.25, 0.3) is 0 Å². The molecule has 1 heterocycles. The normalized spacial score (nSPS) is 25.4. The van der Waals surface area contributed by atoms with Gasteiger partial charge < -0.3 is 14.6 Å². The second-order valence-corrected chi connectivity index (χ2v) is 5.72. The second-order valence-electron chi connectivity index (χ2n) is 5.72. The van der Waals surface area contributed by atoms with Gasteiger partial charge in [-0.3, -0.25) is 4.90 Å². The van der Waals surface area contributed by atoms with Crippen LogP contribution >= 0.6 is 0 Å². The fourth-order valence-corrected chi connectivity index (χ4v) is 2.38. The average Bonchev–Trinajstić information content (AvgIpc) is 2.42. The summed E-state index contributed by atoms with van der Waals surface area (Å²) in [6.07, 6.45) is -0.250. The zero-order chi connectivity index (χ0) is 14.5. The number of benzene rings is 1. The molecular formula is C16H25NO3. The number of aliphatic hydroxyl groups excluding tert-OH is 1. The van der Waals surface area contributed by atoms with Crippen LogP contribution in [-0.4, -0.2) is 54.6 Å². The van der Waals surface area contributed by atoms with Gasteiger partial charge in [0.1, 0.15) is 18.5 Å². The molecule has 0 spiro atoms. The molecule has 0 saturated carbocycles. The topological polar surface area (TPSA) is 41.9 Å². The Morgan fingerprint density at radius 3 is 2.75 bits per heavy atom. The van der Waals surface area contributed by atoms with E-state index in [1.54, 1.807) is 0 Å². The number of nitrogens with zero attached hydrogens (tertiary/aromatic N) is 1. The highest BCUT2D eigenvalue weighted by molar-refractivity contribution is 5.26. The summed E-state index contributed by atoms with van der Waals surface area (Å²) in [5.74, 6) is 0.804. The van der Waals surface area contributed by atoms with E-state index >= 15 is 0 Å². The van der Waals surface area contributed by atoms with Crippen LogP contribution in [0.15, 0.2) is 24.3 Å². The van der Waals surface area contributed by atoms with Crippen LogP contribution in [0.1, 0.15) is 19.4 Å². The number of aryl methyl sites for hydroxylation is 1. The van der Waals surface area contributed by atoms with Crippen molar-refractivity contribution in [2.24, 2.45) is 0 Å².